The van der Waals surface area contributed by atoms with Crippen LogP contribution in [0.4, 0.5) is 4.79 Å². The zero-order chi connectivity index (χ0) is 22.5. The summed E-state index contributed by atoms with van der Waals surface area (Å²) in [5, 5.41) is 7.02. The summed E-state index contributed by atoms with van der Waals surface area (Å²) in [6.45, 7) is 12.8. The first-order valence-electron chi connectivity index (χ1n) is 10.9. The number of piperidine rings is 1. The van der Waals surface area contributed by atoms with Crippen molar-refractivity contribution in [3.63, 3.8) is 0 Å². The van der Waals surface area contributed by atoms with E-state index in [9.17, 15) is 9.59 Å². The first kappa shape index (κ1) is 24.5. The van der Waals surface area contributed by atoms with Crippen LogP contribution in [0.25, 0.3) is 0 Å². The lowest BCUT2D eigenvalue weighted by atomic mass is 9.97. The first-order valence-corrected chi connectivity index (χ1v) is 11.2. The molecule has 2 amide bonds. The summed E-state index contributed by atoms with van der Waals surface area (Å²) in [5.41, 5.74) is 0.198. The Labute approximate surface area is 184 Å². The van der Waals surface area contributed by atoms with Crippen molar-refractivity contribution in [1.82, 2.24) is 25.5 Å². The third kappa shape index (κ3) is 6.60. The molecular formula is C21H36ClN5O3. The van der Waals surface area contributed by atoms with Gasteiger partial charge in [0.2, 0.25) is 0 Å². The molecule has 170 valence electrons. The fourth-order valence-electron chi connectivity index (χ4n) is 3.58. The van der Waals surface area contributed by atoms with Crippen LogP contribution in [0.3, 0.4) is 0 Å². The average Bonchev–Trinajstić information content (AvgIpc) is 3.06. The van der Waals surface area contributed by atoms with E-state index in [1.807, 2.05) is 27.7 Å². The number of likely N-dealkylation sites (tertiary alicyclic amines) is 1. The number of aryl methyl sites for hydroxylation is 1. The Morgan fingerprint density at radius 1 is 1.27 bits per heavy atom. The zero-order valence-corrected chi connectivity index (χ0v) is 19.7. The SMILES string of the molecule is CCc1[nH]c(C(=O)N[C@H]2CCN(C(=O)OC(C)(C)C)C[C@H]2NC(CC)CC)nc1Cl. The van der Waals surface area contributed by atoms with Gasteiger partial charge in [-0.2, -0.15) is 0 Å². The molecule has 2 heterocycles. The highest BCUT2D eigenvalue weighted by Gasteiger charge is 2.35. The molecule has 0 bridgehead atoms. The molecule has 0 saturated carbocycles. The van der Waals surface area contributed by atoms with E-state index in [1.165, 1.54) is 0 Å². The summed E-state index contributed by atoms with van der Waals surface area (Å²) in [5.74, 6) is -0.0728. The second-order valence-corrected chi connectivity index (χ2v) is 9.15. The number of ether oxygens (including phenoxy) is 1. The summed E-state index contributed by atoms with van der Waals surface area (Å²) in [6.07, 6.45) is 2.90. The average molecular weight is 442 g/mol. The van der Waals surface area contributed by atoms with Gasteiger partial charge in [-0.1, -0.05) is 32.4 Å². The van der Waals surface area contributed by atoms with E-state index in [1.54, 1.807) is 4.90 Å². The number of halogens is 1. The Kier molecular flexibility index (Phi) is 8.55. The summed E-state index contributed by atoms with van der Waals surface area (Å²) < 4.78 is 5.54. The Balaban J connectivity index is 2.12. The molecular weight excluding hydrogens is 406 g/mol. The number of carbonyl (C=O) groups excluding carboxylic acids is 2. The highest BCUT2D eigenvalue weighted by atomic mass is 35.5. The normalized spacial score (nSPS) is 19.8. The Bertz CT molecular complexity index is 727. The van der Waals surface area contributed by atoms with Crippen molar-refractivity contribution in [2.75, 3.05) is 13.1 Å². The molecule has 1 fully saturated rings. The van der Waals surface area contributed by atoms with Crippen LogP contribution in [-0.4, -0.2) is 63.7 Å². The van der Waals surface area contributed by atoms with Crippen molar-refractivity contribution in [1.29, 1.82) is 0 Å². The van der Waals surface area contributed by atoms with Crippen LogP contribution in [-0.2, 0) is 11.2 Å². The van der Waals surface area contributed by atoms with Gasteiger partial charge in [0, 0.05) is 31.2 Å². The standard InChI is InChI=1S/C21H36ClN5O3/c1-7-13(8-2)23-16-12-27(20(29)30-21(4,5)6)11-10-15(16)25-19(28)18-24-14(9-3)17(22)26-18/h13,15-16,23H,7-12H2,1-6H3,(H,24,26)(H,25,28)/t15-,16+/m0/s1. The molecule has 0 radical (unpaired) electrons. The van der Waals surface area contributed by atoms with Crippen LogP contribution in [0.1, 0.15) is 77.1 Å². The Hall–Kier alpha value is -1.80. The van der Waals surface area contributed by atoms with Gasteiger partial charge in [-0.3, -0.25) is 4.79 Å². The van der Waals surface area contributed by atoms with Gasteiger partial charge in [0.25, 0.3) is 5.91 Å². The largest absolute Gasteiger partial charge is 0.444 e. The van der Waals surface area contributed by atoms with Gasteiger partial charge in [-0.05, 0) is 46.5 Å². The number of aromatic amines is 1. The van der Waals surface area contributed by atoms with Gasteiger partial charge in [-0.25, -0.2) is 9.78 Å². The molecule has 8 nitrogen and oxygen atoms in total. The molecule has 1 aliphatic heterocycles. The Morgan fingerprint density at radius 3 is 2.47 bits per heavy atom. The number of hydrogen-bond acceptors (Lipinski definition) is 5. The van der Waals surface area contributed by atoms with Gasteiger partial charge in [-0.15, -0.1) is 0 Å². The minimum atomic E-state index is -0.546. The zero-order valence-electron chi connectivity index (χ0n) is 19.0. The van der Waals surface area contributed by atoms with Crippen LogP contribution in [0.15, 0.2) is 0 Å². The van der Waals surface area contributed by atoms with E-state index in [-0.39, 0.29) is 29.9 Å². The third-order valence-corrected chi connectivity index (χ3v) is 5.63. The molecule has 1 aromatic heterocycles. The molecule has 0 unspecified atom stereocenters. The van der Waals surface area contributed by atoms with Gasteiger partial charge in [0.05, 0.1) is 5.69 Å². The predicted molar refractivity (Wildman–Crippen MR) is 118 cm³/mol. The highest BCUT2D eigenvalue weighted by molar-refractivity contribution is 6.30. The van der Waals surface area contributed by atoms with Crippen LogP contribution < -0.4 is 10.6 Å². The van der Waals surface area contributed by atoms with Crippen LogP contribution in [0.5, 0.6) is 0 Å². The topological polar surface area (TPSA) is 99.4 Å². The van der Waals surface area contributed by atoms with Crippen LogP contribution >= 0.6 is 11.6 Å². The fraction of sp³-hybridized carbons (Fsp3) is 0.762. The van der Waals surface area contributed by atoms with E-state index in [0.717, 1.165) is 18.5 Å². The highest BCUT2D eigenvalue weighted by Crippen LogP contribution is 2.18. The van der Waals surface area contributed by atoms with Crippen molar-refractivity contribution in [3.8, 4) is 0 Å². The molecule has 3 N–H and O–H groups in total. The quantitative estimate of drug-likeness (QED) is 0.601. The third-order valence-electron chi connectivity index (χ3n) is 5.31. The second kappa shape index (κ2) is 10.5. The van der Waals surface area contributed by atoms with E-state index in [0.29, 0.717) is 37.1 Å². The van der Waals surface area contributed by atoms with Gasteiger partial charge in [0.15, 0.2) is 11.0 Å². The minimum absolute atomic E-state index is 0.0869. The maximum absolute atomic E-state index is 12.8. The smallest absolute Gasteiger partial charge is 0.410 e. The van der Waals surface area contributed by atoms with E-state index >= 15 is 0 Å². The summed E-state index contributed by atoms with van der Waals surface area (Å²) in [4.78, 5) is 34.2. The van der Waals surface area contributed by atoms with E-state index < -0.39 is 5.60 Å². The fourth-order valence-corrected chi connectivity index (χ4v) is 3.85. The molecule has 0 aliphatic carbocycles. The number of nitrogens with one attached hydrogen (secondary N) is 3. The number of aromatic nitrogens is 2. The number of imidazole rings is 1. The first-order chi connectivity index (χ1) is 14.1. The van der Waals surface area contributed by atoms with Crippen LogP contribution in [0.2, 0.25) is 5.15 Å². The molecule has 2 rings (SSSR count). The summed E-state index contributed by atoms with van der Waals surface area (Å²) >= 11 is 6.08. The number of amides is 2. The summed E-state index contributed by atoms with van der Waals surface area (Å²) in [6, 6.07) is 0.0830. The van der Waals surface area contributed by atoms with Gasteiger partial charge in [0.1, 0.15) is 5.60 Å². The second-order valence-electron chi connectivity index (χ2n) is 8.79. The van der Waals surface area contributed by atoms with Gasteiger partial charge >= 0.3 is 6.09 Å². The molecule has 9 heteroatoms. The number of nitrogens with zero attached hydrogens (tertiary/aromatic N) is 2. The minimum Gasteiger partial charge on any atom is -0.444 e. The maximum atomic E-state index is 12.8. The number of rotatable bonds is 7. The molecule has 0 aromatic carbocycles. The van der Waals surface area contributed by atoms with Crippen molar-refractivity contribution < 1.29 is 14.3 Å². The van der Waals surface area contributed by atoms with Crippen LogP contribution in [0, 0.1) is 0 Å². The molecule has 1 aliphatic rings. The predicted octanol–water partition coefficient (Wildman–Crippen LogP) is 3.51. The number of H-pyrrole nitrogens is 1. The molecule has 30 heavy (non-hydrogen) atoms. The lowest BCUT2D eigenvalue weighted by Crippen LogP contribution is -2.62. The number of carbonyl (C=O) groups is 2. The molecule has 2 atom stereocenters. The maximum Gasteiger partial charge on any atom is 0.410 e. The van der Waals surface area contributed by atoms with Crippen molar-refractivity contribution in [2.24, 2.45) is 0 Å². The molecule has 1 aromatic rings. The molecule has 0 spiro atoms. The van der Waals surface area contributed by atoms with Crippen molar-refractivity contribution in [2.45, 2.75) is 91.0 Å². The lowest BCUT2D eigenvalue weighted by molar-refractivity contribution is 0.0156. The molecule has 1 saturated heterocycles. The van der Waals surface area contributed by atoms with Gasteiger partial charge < -0.3 is 25.3 Å². The monoisotopic (exact) mass is 441 g/mol. The summed E-state index contributed by atoms with van der Waals surface area (Å²) in [7, 11) is 0. The van der Waals surface area contributed by atoms with Crippen molar-refractivity contribution in [3.05, 3.63) is 16.7 Å². The van der Waals surface area contributed by atoms with Crippen molar-refractivity contribution >= 4 is 23.6 Å². The van der Waals surface area contributed by atoms with E-state index in [4.69, 9.17) is 16.3 Å². The van der Waals surface area contributed by atoms with E-state index in [2.05, 4.69) is 34.4 Å². The number of hydrogen-bond donors (Lipinski definition) is 3. The lowest BCUT2D eigenvalue weighted by Gasteiger charge is -2.41. The Morgan fingerprint density at radius 2 is 1.93 bits per heavy atom.